The molecule has 0 N–H and O–H groups in total. The van der Waals surface area contributed by atoms with Crippen molar-refractivity contribution in [2.24, 2.45) is 0 Å². The lowest BCUT2D eigenvalue weighted by Crippen LogP contribution is -2.46. The van der Waals surface area contributed by atoms with Crippen LogP contribution in [0, 0.1) is 0 Å². The smallest absolute Gasteiger partial charge is 0.0857 e. The van der Waals surface area contributed by atoms with Gasteiger partial charge >= 0.3 is 0 Å². The van der Waals surface area contributed by atoms with Crippen molar-refractivity contribution in [1.29, 1.82) is 0 Å². The topological polar surface area (TPSA) is 0 Å². The number of hydrogen-bond acceptors (Lipinski definition) is 0. The van der Waals surface area contributed by atoms with E-state index < -0.39 is 0 Å². The van der Waals surface area contributed by atoms with Crippen molar-refractivity contribution in [3.05, 3.63) is 0 Å². The van der Waals surface area contributed by atoms with Gasteiger partial charge in [0.2, 0.25) is 0 Å². The van der Waals surface area contributed by atoms with Crippen molar-refractivity contribution >= 4 is 0 Å². The van der Waals surface area contributed by atoms with Crippen molar-refractivity contribution in [3.63, 3.8) is 0 Å². The second-order valence-corrected chi connectivity index (χ2v) is 7.98. The van der Waals surface area contributed by atoms with E-state index in [0.29, 0.717) is 0 Å². The summed E-state index contributed by atoms with van der Waals surface area (Å²) in [6.07, 6.45) is 20.3. The molecule has 0 amide bonds. The summed E-state index contributed by atoms with van der Waals surface area (Å²) < 4.78 is 1.18. The molecule has 1 unspecified atom stereocenters. The Morgan fingerprint density at radius 2 is 0.955 bits per heavy atom. The maximum atomic E-state index is 2.42. The number of nitrogens with zero attached hydrogens (tertiary/aromatic N) is 1. The van der Waals surface area contributed by atoms with Gasteiger partial charge in [-0.3, -0.25) is 0 Å². The van der Waals surface area contributed by atoms with Crippen LogP contribution < -0.4 is 0 Å². The van der Waals surface area contributed by atoms with Gasteiger partial charge in [0.15, 0.2) is 0 Å². The molecule has 0 heterocycles. The summed E-state index contributed by atoms with van der Waals surface area (Å²) in [6.45, 7) is 8.27. The zero-order valence-electron chi connectivity index (χ0n) is 16.6. The first-order valence-corrected chi connectivity index (χ1v) is 10.4. The molecule has 0 radical (unpaired) electrons. The lowest BCUT2D eigenvalue weighted by Gasteiger charge is -2.35. The SMILES string of the molecule is CCCCCCCCCCCCCCCC(C)[N+](C)(C)CC. The van der Waals surface area contributed by atoms with Gasteiger partial charge in [0, 0.05) is 0 Å². The molecule has 0 aromatic rings. The number of rotatable bonds is 16. The molecule has 0 aliphatic rings. The molecule has 0 aromatic carbocycles. The minimum Gasteiger partial charge on any atom is -0.327 e. The molecule has 0 spiro atoms. The van der Waals surface area contributed by atoms with E-state index in [0.717, 1.165) is 6.04 Å². The number of quaternary nitrogens is 1. The van der Waals surface area contributed by atoms with Crippen LogP contribution in [0.15, 0.2) is 0 Å². The van der Waals surface area contributed by atoms with Crippen molar-refractivity contribution in [2.45, 2.75) is 117 Å². The first-order chi connectivity index (χ1) is 10.5. The Balaban J connectivity index is 3.21. The lowest BCUT2D eigenvalue weighted by atomic mass is 10.0. The molecule has 0 aliphatic heterocycles. The first kappa shape index (κ1) is 22.0. The fourth-order valence-corrected chi connectivity index (χ4v) is 3.12. The zero-order valence-corrected chi connectivity index (χ0v) is 16.6. The Kier molecular flexibility index (Phi) is 14.5. The molecular weight excluding hydrogens is 266 g/mol. The molecule has 0 fully saturated rings. The highest BCUT2D eigenvalue weighted by Gasteiger charge is 2.20. The summed E-state index contributed by atoms with van der Waals surface area (Å²) in [7, 11) is 4.74. The van der Waals surface area contributed by atoms with Crippen molar-refractivity contribution < 1.29 is 4.48 Å². The summed E-state index contributed by atoms with van der Waals surface area (Å²) in [5.41, 5.74) is 0. The van der Waals surface area contributed by atoms with Gasteiger partial charge < -0.3 is 4.48 Å². The Morgan fingerprint density at radius 3 is 1.32 bits per heavy atom. The van der Waals surface area contributed by atoms with E-state index in [1.807, 2.05) is 0 Å². The fraction of sp³-hybridized carbons (Fsp3) is 1.00. The third-order valence-electron chi connectivity index (χ3n) is 5.73. The third-order valence-corrected chi connectivity index (χ3v) is 5.73. The van der Waals surface area contributed by atoms with Gasteiger partial charge in [0.1, 0.15) is 0 Å². The predicted octanol–water partition coefficient (Wildman–Crippen LogP) is 6.95. The molecule has 134 valence electrons. The summed E-state index contributed by atoms with van der Waals surface area (Å²) in [5, 5.41) is 0. The van der Waals surface area contributed by atoms with E-state index in [9.17, 15) is 0 Å². The normalized spacial score (nSPS) is 13.5. The van der Waals surface area contributed by atoms with Gasteiger partial charge in [0.05, 0.1) is 26.7 Å². The lowest BCUT2D eigenvalue weighted by molar-refractivity contribution is -0.911. The molecule has 1 nitrogen and oxygen atoms in total. The zero-order chi connectivity index (χ0) is 16.7. The first-order valence-electron chi connectivity index (χ1n) is 10.4. The maximum Gasteiger partial charge on any atom is 0.0857 e. The van der Waals surface area contributed by atoms with E-state index in [1.54, 1.807) is 0 Å². The van der Waals surface area contributed by atoms with Crippen LogP contribution in [-0.4, -0.2) is 31.2 Å². The van der Waals surface area contributed by atoms with Gasteiger partial charge in [-0.25, -0.2) is 0 Å². The van der Waals surface area contributed by atoms with Crippen LogP contribution >= 0.6 is 0 Å². The minimum absolute atomic E-state index is 0.817. The number of unbranched alkanes of at least 4 members (excludes halogenated alkanes) is 12. The predicted molar refractivity (Wildman–Crippen MR) is 102 cm³/mol. The second kappa shape index (κ2) is 14.5. The summed E-state index contributed by atoms with van der Waals surface area (Å²) in [6, 6.07) is 0.817. The van der Waals surface area contributed by atoms with Gasteiger partial charge in [-0.05, 0) is 26.7 Å². The van der Waals surface area contributed by atoms with Crippen LogP contribution in [0.25, 0.3) is 0 Å². The molecule has 22 heavy (non-hydrogen) atoms. The van der Waals surface area contributed by atoms with E-state index in [-0.39, 0.29) is 0 Å². The number of hydrogen-bond donors (Lipinski definition) is 0. The van der Waals surface area contributed by atoms with Crippen LogP contribution in [0.3, 0.4) is 0 Å². The highest BCUT2D eigenvalue weighted by atomic mass is 15.3. The molecule has 0 aliphatic carbocycles. The van der Waals surface area contributed by atoms with Gasteiger partial charge in [-0.1, -0.05) is 84.0 Å². The van der Waals surface area contributed by atoms with Gasteiger partial charge in [-0.15, -0.1) is 0 Å². The summed E-state index contributed by atoms with van der Waals surface area (Å²) >= 11 is 0. The summed E-state index contributed by atoms with van der Waals surface area (Å²) in [4.78, 5) is 0. The molecule has 0 saturated carbocycles. The molecule has 0 aromatic heterocycles. The third kappa shape index (κ3) is 12.5. The van der Waals surface area contributed by atoms with Crippen molar-refractivity contribution in [2.75, 3.05) is 20.6 Å². The Labute approximate surface area is 142 Å². The van der Waals surface area contributed by atoms with Crippen LogP contribution in [-0.2, 0) is 0 Å². The van der Waals surface area contributed by atoms with Crippen LogP contribution in [0.2, 0.25) is 0 Å². The van der Waals surface area contributed by atoms with Crippen LogP contribution in [0.4, 0.5) is 0 Å². The van der Waals surface area contributed by atoms with E-state index in [1.165, 1.54) is 101 Å². The van der Waals surface area contributed by atoms with E-state index >= 15 is 0 Å². The molecule has 1 atom stereocenters. The van der Waals surface area contributed by atoms with Crippen LogP contribution in [0.5, 0.6) is 0 Å². The average molecular weight is 313 g/mol. The molecule has 0 bridgehead atoms. The largest absolute Gasteiger partial charge is 0.327 e. The minimum atomic E-state index is 0.817. The quantitative estimate of drug-likeness (QED) is 0.213. The average Bonchev–Trinajstić information content (AvgIpc) is 2.51. The highest BCUT2D eigenvalue weighted by Crippen LogP contribution is 2.16. The van der Waals surface area contributed by atoms with Gasteiger partial charge in [0.25, 0.3) is 0 Å². The second-order valence-electron chi connectivity index (χ2n) is 7.98. The Hall–Kier alpha value is -0.0400. The van der Waals surface area contributed by atoms with Crippen molar-refractivity contribution in [1.82, 2.24) is 0 Å². The van der Waals surface area contributed by atoms with Gasteiger partial charge in [-0.2, -0.15) is 0 Å². The molecule has 0 saturated heterocycles. The summed E-state index contributed by atoms with van der Waals surface area (Å²) in [5.74, 6) is 0. The maximum absolute atomic E-state index is 2.42. The Morgan fingerprint density at radius 1 is 0.591 bits per heavy atom. The van der Waals surface area contributed by atoms with Crippen molar-refractivity contribution in [3.8, 4) is 0 Å². The standard InChI is InChI=1S/C21H46N/c1-6-8-9-10-11-12-13-14-15-16-17-18-19-20-21(3)22(4,5)7-2/h21H,6-20H2,1-5H3/q+1. The monoisotopic (exact) mass is 312 g/mol. The van der Waals surface area contributed by atoms with Crippen LogP contribution in [0.1, 0.15) is 111 Å². The molecule has 1 heteroatoms. The molecular formula is C21H46N+. The van der Waals surface area contributed by atoms with E-state index in [4.69, 9.17) is 0 Å². The highest BCUT2D eigenvalue weighted by molar-refractivity contribution is 4.53. The molecule has 0 rings (SSSR count). The fourth-order valence-electron chi connectivity index (χ4n) is 3.12. The van der Waals surface area contributed by atoms with E-state index in [2.05, 4.69) is 34.9 Å². The Bertz CT molecular complexity index is 222.